The van der Waals surface area contributed by atoms with Crippen LogP contribution in [0.4, 0.5) is 5.82 Å². The number of pyridine rings is 1. The van der Waals surface area contributed by atoms with Crippen LogP contribution in [-0.2, 0) is 14.8 Å². The Hall–Kier alpha value is -1.18. The molecule has 1 aromatic heterocycles. The maximum absolute atomic E-state index is 12.6. The highest BCUT2D eigenvalue weighted by atomic mass is 32.2. The van der Waals surface area contributed by atoms with Gasteiger partial charge in [0.15, 0.2) is 0 Å². The Balaban J connectivity index is 2.10. The number of rotatable bonds is 6. The molecule has 0 aromatic carbocycles. The van der Waals surface area contributed by atoms with Gasteiger partial charge < -0.3 is 10.1 Å². The first-order valence-corrected chi connectivity index (χ1v) is 8.75. The van der Waals surface area contributed by atoms with E-state index < -0.39 is 10.0 Å². The molecule has 1 aliphatic heterocycles. The predicted molar refractivity (Wildman–Crippen MR) is 81.8 cm³/mol. The lowest BCUT2D eigenvalue weighted by Gasteiger charge is -2.30. The molecule has 0 atom stereocenters. The van der Waals surface area contributed by atoms with E-state index >= 15 is 0 Å². The Bertz CT molecular complexity index is 539. The summed E-state index contributed by atoms with van der Waals surface area (Å²) in [5.74, 6) is 0.699. The van der Waals surface area contributed by atoms with E-state index in [1.165, 1.54) is 10.5 Å². The molecule has 0 aliphatic carbocycles. The zero-order valence-corrected chi connectivity index (χ0v) is 13.4. The van der Waals surface area contributed by atoms with Gasteiger partial charge in [0, 0.05) is 39.0 Å². The zero-order valence-electron chi connectivity index (χ0n) is 12.6. The number of nitrogens with zero attached hydrogens (tertiary/aromatic N) is 2. The van der Waals surface area contributed by atoms with Crippen LogP contribution in [0.5, 0.6) is 0 Å². The molecule has 1 aromatic rings. The number of anilines is 1. The van der Waals surface area contributed by atoms with Crippen molar-refractivity contribution in [3.05, 3.63) is 18.3 Å². The van der Waals surface area contributed by atoms with Crippen molar-refractivity contribution < 1.29 is 13.2 Å². The lowest BCUT2D eigenvalue weighted by molar-refractivity contribution is 0.0632. The number of ether oxygens (including phenoxy) is 1. The Labute approximate surface area is 126 Å². The minimum absolute atomic E-state index is 0.00152. The Morgan fingerprint density at radius 2 is 2.10 bits per heavy atom. The highest BCUT2D eigenvalue weighted by molar-refractivity contribution is 7.89. The number of aromatic nitrogens is 1. The van der Waals surface area contributed by atoms with Gasteiger partial charge in [-0.2, -0.15) is 4.31 Å². The third kappa shape index (κ3) is 3.93. The Morgan fingerprint density at radius 1 is 1.38 bits per heavy atom. The highest BCUT2D eigenvalue weighted by Gasteiger charge is 2.29. The molecule has 21 heavy (non-hydrogen) atoms. The van der Waals surface area contributed by atoms with Gasteiger partial charge in [0.1, 0.15) is 10.7 Å². The van der Waals surface area contributed by atoms with Crippen molar-refractivity contribution in [2.75, 3.05) is 32.1 Å². The molecule has 2 heterocycles. The van der Waals surface area contributed by atoms with E-state index in [0.29, 0.717) is 19.0 Å². The lowest BCUT2D eigenvalue weighted by Crippen LogP contribution is -2.40. The number of hydrogen-bond donors (Lipinski definition) is 1. The Kier molecular flexibility index (Phi) is 5.55. The average Bonchev–Trinajstić information content (AvgIpc) is 2.53. The van der Waals surface area contributed by atoms with Gasteiger partial charge >= 0.3 is 0 Å². The summed E-state index contributed by atoms with van der Waals surface area (Å²) in [6.07, 6.45) is 3.88. The first-order chi connectivity index (χ1) is 10.1. The first kappa shape index (κ1) is 16.2. The molecule has 1 fully saturated rings. The van der Waals surface area contributed by atoms with Crippen molar-refractivity contribution in [2.24, 2.45) is 0 Å². The standard InChI is InChI=1S/C14H23N3O3S/c1-3-8-15-14-5-4-13(11-16-14)21(18,19)17(2)12-6-9-20-10-7-12/h4-5,11-12H,3,6-10H2,1-2H3,(H,15,16). The molecular weight excluding hydrogens is 290 g/mol. The van der Waals surface area contributed by atoms with Crippen LogP contribution in [0.3, 0.4) is 0 Å². The van der Waals surface area contributed by atoms with Crippen LogP contribution in [0, 0.1) is 0 Å². The van der Waals surface area contributed by atoms with Crippen molar-refractivity contribution in [2.45, 2.75) is 37.1 Å². The predicted octanol–water partition coefficient (Wildman–Crippen LogP) is 1.70. The summed E-state index contributed by atoms with van der Waals surface area (Å²) in [6.45, 7) is 4.11. The van der Waals surface area contributed by atoms with E-state index in [1.807, 2.05) is 0 Å². The highest BCUT2D eigenvalue weighted by Crippen LogP contribution is 2.21. The second-order valence-corrected chi connectivity index (χ2v) is 7.17. The van der Waals surface area contributed by atoms with Crippen molar-refractivity contribution in [3.63, 3.8) is 0 Å². The molecule has 1 aliphatic rings. The van der Waals surface area contributed by atoms with Crippen LogP contribution in [-0.4, -0.2) is 50.6 Å². The van der Waals surface area contributed by atoms with Gasteiger partial charge in [-0.1, -0.05) is 6.92 Å². The maximum Gasteiger partial charge on any atom is 0.244 e. The van der Waals surface area contributed by atoms with E-state index in [-0.39, 0.29) is 10.9 Å². The number of sulfonamides is 1. The summed E-state index contributed by atoms with van der Waals surface area (Å²) in [4.78, 5) is 4.40. The molecule has 0 spiro atoms. The molecule has 0 saturated carbocycles. The molecule has 1 N–H and O–H groups in total. The molecule has 0 unspecified atom stereocenters. The summed E-state index contributed by atoms with van der Waals surface area (Å²) in [6, 6.07) is 3.32. The molecule has 6 nitrogen and oxygen atoms in total. The van der Waals surface area contributed by atoms with Crippen molar-refractivity contribution in [1.82, 2.24) is 9.29 Å². The smallest absolute Gasteiger partial charge is 0.244 e. The first-order valence-electron chi connectivity index (χ1n) is 7.31. The fraction of sp³-hybridized carbons (Fsp3) is 0.643. The summed E-state index contributed by atoms with van der Waals surface area (Å²) in [5.41, 5.74) is 0. The van der Waals surface area contributed by atoms with Crippen LogP contribution in [0.2, 0.25) is 0 Å². The molecular formula is C14H23N3O3S. The quantitative estimate of drug-likeness (QED) is 0.865. The summed E-state index contributed by atoms with van der Waals surface area (Å²) in [5, 5.41) is 3.13. The topological polar surface area (TPSA) is 71.5 Å². The molecule has 0 bridgehead atoms. The van der Waals surface area contributed by atoms with Crippen LogP contribution in [0.15, 0.2) is 23.2 Å². The number of nitrogens with one attached hydrogen (secondary N) is 1. The third-order valence-corrected chi connectivity index (χ3v) is 5.57. The van der Waals surface area contributed by atoms with Gasteiger partial charge in [0.2, 0.25) is 10.0 Å². The van der Waals surface area contributed by atoms with Gasteiger partial charge in [0.05, 0.1) is 0 Å². The summed E-state index contributed by atoms with van der Waals surface area (Å²) >= 11 is 0. The molecule has 1 saturated heterocycles. The van der Waals surface area contributed by atoms with E-state index in [9.17, 15) is 8.42 Å². The Morgan fingerprint density at radius 3 is 2.67 bits per heavy atom. The van der Waals surface area contributed by atoms with E-state index in [1.54, 1.807) is 19.2 Å². The minimum atomic E-state index is -3.49. The second kappa shape index (κ2) is 7.20. The van der Waals surface area contributed by atoms with Crippen molar-refractivity contribution in [3.8, 4) is 0 Å². The van der Waals surface area contributed by atoms with Crippen molar-refractivity contribution >= 4 is 15.8 Å². The maximum atomic E-state index is 12.6. The molecule has 0 radical (unpaired) electrons. The van der Waals surface area contributed by atoms with Gasteiger partial charge in [-0.05, 0) is 31.4 Å². The summed E-state index contributed by atoms with van der Waals surface area (Å²) < 4.78 is 31.9. The van der Waals surface area contributed by atoms with Gasteiger partial charge in [-0.3, -0.25) is 0 Å². The van der Waals surface area contributed by atoms with Gasteiger partial charge in [-0.15, -0.1) is 0 Å². The monoisotopic (exact) mass is 313 g/mol. The van der Waals surface area contributed by atoms with Gasteiger partial charge in [-0.25, -0.2) is 13.4 Å². The van der Waals surface area contributed by atoms with Crippen LogP contribution in [0.25, 0.3) is 0 Å². The van der Waals surface area contributed by atoms with E-state index in [2.05, 4.69) is 17.2 Å². The zero-order chi connectivity index (χ0) is 15.3. The molecule has 7 heteroatoms. The van der Waals surface area contributed by atoms with Crippen molar-refractivity contribution in [1.29, 1.82) is 0 Å². The van der Waals surface area contributed by atoms with E-state index in [0.717, 1.165) is 25.8 Å². The average molecular weight is 313 g/mol. The van der Waals surface area contributed by atoms with Gasteiger partial charge in [0.25, 0.3) is 0 Å². The van der Waals surface area contributed by atoms with Crippen LogP contribution >= 0.6 is 0 Å². The normalized spacial score (nSPS) is 17.1. The fourth-order valence-corrected chi connectivity index (χ4v) is 3.66. The largest absolute Gasteiger partial charge is 0.381 e. The SMILES string of the molecule is CCCNc1ccc(S(=O)(=O)N(C)C2CCOCC2)cn1. The number of hydrogen-bond acceptors (Lipinski definition) is 5. The molecule has 118 valence electrons. The fourth-order valence-electron chi connectivity index (χ4n) is 2.30. The van der Waals surface area contributed by atoms with Crippen LogP contribution < -0.4 is 5.32 Å². The molecule has 0 amide bonds. The van der Waals surface area contributed by atoms with Crippen LogP contribution in [0.1, 0.15) is 26.2 Å². The van der Waals surface area contributed by atoms with E-state index in [4.69, 9.17) is 4.74 Å². The molecule has 2 rings (SSSR count). The second-order valence-electron chi connectivity index (χ2n) is 5.17. The third-order valence-electron chi connectivity index (χ3n) is 3.67. The lowest BCUT2D eigenvalue weighted by atomic mass is 10.1. The summed E-state index contributed by atoms with van der Waals surface area (Å²) in [7, 11) is -1.85. The minimum Gasteiger partial charge on any atom is -0.381 e.